The third kappa shape index (κ3) is 4.56. The van der Waals surface area contributed by atoms with Crippen LogP contribution in [-0.2, 0) is 12.8 Å². The predicted octanol–water partition coefficient (Wildman–Crippen LogP) is 4.58. The molecule has 112 valence electrons. The normalized spacial score (nSPS) is 12.2. The summed E-state index contributed by atoms with van der Waals surface area (Å²) in [6.07, 6.45) is 1.93. The summed E-state index contributed by atoms with van der Waals surface area (Å²) in [7, 11) is 1.68. The molecule has 2 rings (SSSR count). The van der Waals surface area contributed by atoms with Crippen molar-refractivity contribution < 1.29 is 4.74 Å². The molecule has 2 aromatic carbocycles. The zero-order chi connectivity index (χ0) is 15.2. The fraction of sp³-hybridized carbons (Fsp3) is 0.294. The molecule has 0 spiro atoms. The lowest BCUT2D eigenvalue weighted by molar-refractivity contribution is 0.411. The van der Waals surface area contributed by atoms with E-state index in [9.17, 15) is 0 Å². The van der Waals surface area contributed by atoms with Crippen LogP contribution in [0.15, 0.2) is 51.4 Å². The molecule has 0 bridgehead atoms. The first-order valence-electron chi connectivity index (χ1n) is 6.90. The Balaban J connectivity index is 2.09. The third-order valence-corrected chi connectivity index (χ3v) is 4.93. The van der Waals surface area contributed by atoms with Gasteiger partial charge in [0.25, 0.3) is 0 Å². The molecule has 21 heavy (non-hydrogen) atoms. The summed E-state index contributed by atoms with van der Waals surface area (Å²) < 4.78 is 7.40. The van der Waals surface area contributed by atoms with Gasteiger partial charge in [-0.15, -0.1) is 0 Å². The van der Waals surface area contributed by atoms with Gasteiger partial charge in [0.15, 0.2) is 0 Å². The molecular weight excluding hydrogens is 394 g/mol. The van der Waals surface area contributed by atoms with Gasteiger partial charge in [-0.1, -0.05) is 40.2 Å². The number of halogens is 2. The van der Waals surface area contributed by atoms with Crippen molar-refractivity contribution >= 4 is 31.9 Å². The van der Waals surface area contributed by atoms with E-state index in [0.717, 1.165) is 27.5 Å². The second-order valence-electron chi connectivity index (χ2n) is 5.07. The van der Waals surface area contributed by atoms with Crippen LogP contribution in [0.25, 0.3) is 0 Å². The Morgan fingerprint density at radius 2 is 1.81 bits per heavy atom. The Labute approximate surface area is 143 Å². The average molecular weight is 413 g/mol. The van der Waals surface area contributed by atoms with Crippen LogP contribution in [0.1, 0.15) is 11.1 Å². The molecule has 0 saturated heterocycles. The van der Waals surface area contributed by atoms with Crippen LogP contribution in [-0.4, -0.2) is 13.7 Å². The van der Waals surface area contributed by atoms with Crippen LogP contribution in [0.3, 0.4) is 0 Å². The number of nitrogens with two attached hydrogens (primary N) is 1. The molecule has 1 unspecified atom stereocenters. The third-order valence-electron chi connectivity index (χ3n) is 3.54. The summed E-state index contributed by atoms with van der Waals surface area (Å²) in [6, 6.07) is 14.5. The fourth-order valence-corrected chi connectivity index (χ4v) is 3.42. The maximum absolute atomic E-state index is 5.96. The van der Waals surface area contributed by atoms with Crippen molar-refractivity contribution in [1.82, 2.24) is 0 Å². The van der Waals surface area contributed by atoms with Gasteiger partial charge in [0.2, 0.25) is 0 Å². The van der Waals surface area contributed by atoms with Gasteiger partial charge < -0.3 is 10.5 Å². The summed E-state index contributed by atoms with van der Waals surface area (Å²) in [5, 5.41) is 0. The van der Waals surface area contributed by atoms with E-state index in [-0.39, 0.29) is 0 Å². The largest absolute Gasteiger partial charge is 0.496 e. The van der Waals surface area contributed by atoms with E-state index in [1.165, 1.54) is 11.1 Å². The lowest BCUT2D eigenvalue weighted by Gasteiger charge is -2.16. The second-order valence-corrected chi connectivity index (χ2v) is 6.78. The molecule has 1 atom stereocenters. The van der Waals surface area contributed by atoms with Crippen molar-refractivity contribution in [1.29, 1.82) is 0 Å². The molecule has 2 aromatic rings. The molecule has 0 aliphatic carbocycles. The summed E-state index contributed by atoms with van der Waals surface area (Å²) >= 11 is 7.14. The number of benzene rings is 2. The van der Waals surface area contributed by atoms with Crippen molar-refractivity contribution in [3.8, 4) is 5.75 Å². The zero-order valence-electron chi connectivity index (χ0n) is 12.0. The molecule has 0 aliphatic rings. The van der Waals surface area contributed by atoms with Crippen LogP contribution in [0.5, 0.6) is 5.75 Å². The predicted molar refractivity (Wildman–Crippen MR) is 94.8 cm³/mol. The lowest BCUT2D eigenvalue weighted by Crippen LogP contribution is -2.19. The number of hydrogen-bond donors (Lipinski definition) is 1. The highest BCUT2D eigenvalue weighted by atomic mass is 79.9. The summed E-state index contributed by atoms with van der Waals surface area (Å²) in [6.45, 7) is 0.672. The fourth-order valence-electron chi connectivity index (χ4n) is 2.38. The number of hydrogen-bond acceptors (Lipinski definition) is 2. The van der Waals surface area contributed by atoms with Gasteiger partial charge in [0, 0.05) is 4.47 Å². The van der Waals surface area contributed by atoms with E-state index in [4.69, 9.17) is 10.5 Å². The Hall–Kier alpha value is -0.840. The highest BCUT2D eigenvalue weighted by Gasteiger charge is 2.12. The minimum absolute atomic E-state index is 0.420. The van der Waals surface area contributed by atoms with Gasteiger partial charge >= 0.3 is 0 Å². The van der Waals surface area contributed by atoms with Crippen LogP contribution < -0.4 is 10.5 Å². The van der Waals surface area contributed by atoms with E-state index in [0.29, 0.717) is 12.5 Å². The van der Waals surface area contributed by atoms with Gasteiger partial charge in [-0.2, -0.15) is 0 Å². The van der Waals surface area contributed by atoms with Crippen molar-refractivity contribution in [2.45, 2.75) is 12.8 Å². The van der Waals surface area contributed by atoms with Gasteiger partial charge in [0.05, 0.1) is 11.6 Å². The number of ether oxygens (including phenoxy) is 1. The quantitative estimate of drug-likeness (QED) is 0.753. The second kappa shape index (κ2) is 7.97. The zero-order valence-corrected chi connectivity index (χ0v) is 15.2. The minimum atomic E-state index is 0.420. The van der Waals surface area contributed by atoms with E-state index >= 15 is 0 Å². The Kier molecular flexibility index (Phi) is 6.27. The van der Waals surface area contributed by atoms with Gasteiger partial charge in [-0.3, -0.25) is 0 Å². The molecule has 0 aliphatic heterocycles. The molecule has 0 amide bonds. The SMILES string of the molecule is COc1ccc(CC(CN)Cc2ccccc2Br)cc1Br. The molecule has 0 heterocycles. The highest BCUT2D eigenvalue weighted by molar-refractivity contribution is 9.10. The Morgan fingerprint density at radius 1 is 1.05 bits per heavy atom. The van der Waals surface area contributed by atoms with Crippen LogP contribution in [0, 0.1) is 5.92 Å². The summed E-state index contributed by atoms with van der Waals surface area (Å²) in [5.74, 6) is 1.28. The number of methoxy groups -OCH3 is 1. The van der Waals surface area contributed by atoms with Crippen molar-refractivity contribution in [3.05, 3.63) is 62.5 Å². The maximum Gasteiger partial charge on any atom is 0.133 e. The Bertz CT molecular complexity index is 601. The molecule has 2 nitrogen and oxygen atoms in total. The highest BCUT2D eigenvalue weighted by Crippen LogP contribution is 2.27. The molecule has 0 saturated carbocycles. The van der Waals surface area contributed by atoms with E-state index in [2.05, 4.69) is 62.2 Å². The van der Waals surface area contributed by atoms with E-state index < -0.39 is 0 Å². The van der Waals surface area contributed by atoms with E-state index in [1.807, 2.05) is 12.1 Å². The minimum Gasteiger partial charge on any atom is -0.496 e. The molecule has 4 heteroatoms. The average Bonchev–Trinajstić information content (AvgIpc) is 2.49. The van der Waals surface area contributed by atoms with Crippen molar-refractivity contribution in [3.63, 3.8) is 0 Å². The summed E-state index contributed by atoms with van der Waals surface area (Å²) in [5.41, 5.74) is 8.54. The topological polar surface area (TPSA) is 35.2 Å². The van der Waals surface area contributed by atoms with Gasteiger partial charge in [-0.25, -0.2) is 0 Å². The van der Waals surface area contributed by atoms with Crippen LogP contribution in [0.4, 0.5) is 0 Å². The first-order chi connectivity index (χ1) is 10.1. The molecular formula is C17H19Br2NO. The molecule has 2 N–H and O–H groups in total. The van der Waals surface area contributed by atoms with Crippen LogP contribution in [0.2, 0.25) is 0 Å². The van der Waals surface area contributed by atoms with E-state index in [1.54, 1.807) is 7.11 Å². The van der Waals surface area contributed by atoms with Gasteiger partial charge in [0.1, 0.15) is 5.75 Å². The van der Waals surface area contributed by atoms with Crippen LogP contribution >= 0.6 is 31.9 Å². The standard InChI is InChI=1S/C17H19Br2NO/c1-21-17-7-6-12(10-16(17)19)8-13(11-20)9-14-4-2-3-5-15(14)18/h2-7,10,13H,8-9,11,20H2,1H3. The summed E-state index contributed by atoms with van der Waals surface area (Å²) in [4.78, 5) is 0. The lowest BCUT2D eigenvalue weighted by atomic mass is 9.92. The van der Waals surface area contributed by atoms with Gasteiger partial charge in [-0.05, 0) is 70.6 Å². The number of rotatable bonds is 6. The monoisotopic (exact) mass is 411 g/mol. The van der Waals surface area contributed by atoms with Crippen molar-refractivity contribution in [2.75, 3.05) is 13.7 Å². The first kappa shape index (κ1) is 16.5. The smallest absolute Gasteiger partial charge is 0.133 e. The van der Waals surface area contributed by atoms with Crippen molar-refractivity contribution in [2.24, 2.45) is 11.7 Å². The molecule has 0 radical (unpaired) electrons. The molecule has 0 aromatic heterocycles. The Morgan fingerprint density at radius 3 is 2.43 bits per heavy atom. The first-order valence-corrected chi connectivity index (χ1v) is 8.48. The maximum atomic E-state index is 5.96. The molecule has 0 fully saturated rings.